The van der Waals surface area contributed by atoms with Gasteiger partial charge in [-0.05, 0) is 40.8 Å². The summed E-state index contributed by atoms with van der Waals surface area (Å²) in [6, 6.07) is 18.1. The number of nitrogens with one attached hydrogen (secondary N) is 1. The number of nitriles is 1. The molecule has 1 unspecified atom stereocenters. The zero-order valence-corrected chi connectivity index (χ0v) is 16.9. The van der Waals surface area contributed by atoms with E-state index < -0.39 is 5.97 Å². The fourth-order valence-corrected chi connectivity index (χ4v) is 4.29. The van der Waals surface area contributed by atoms with Gasteiger partial charge < -0.3 is 14.5 Å². The average Bonchev–Trinajstić information content (AvgIpc) is 3.24. The van der Waals surface area contributed by atoms with Gasteiger partial charge in [-0.25, -0.2) is 4.79 Å². The van der Waals surface area contributed by atoms with Crippen molar-refractivity contribution >= 4 is 22.6 Å². The minimum atomic E-state index is -0.436. The molecule has 0 fully saturated rings. The van der Waals surface area contributed by atoms with Crippen LogP contribution in [0.15, 0.2) is 77.4 Å². The molecule has 5 rings (SSSR count). The molecule has 0 amide bonds. The molecule has 0 saturated carbocycles. The van der Waals surface area contributed by atoms with E-state index in [0.29, 0.717) is 29.2 Å². The van der Waals surface area contributed by atoms with Crippen molar-refractivity contribution in [2.24, 2.45) is 5.92 Å². The van der Waals surface area contributed by atoms with E-state index in [9.17, 15) is 10.1 Å². The van der Waals surface area contributed by atoms with Crippen LogP contribution in [0.3, 0.4) is 0 Å². The highest BCUT2D eigenvalue weighted by Gasteiger charge is 2.39. The number of methoxy groups -OCH3 is 1. The van der Waals surface area contributed by atoms with Crippen LogP contribution in [-0.4, -0.2) is 29.7 Å². The Kier molecular flexibility index (Phi) is 4.64. The molecule has 1 N–H and O–H groups in total. The van der Waals surface area contributed by atoms with Crippen molar-refractivity contribution in [2.75, 3.05) is 13.7 Å². The first-order valence-corrected chi connectivity index (χ1v) is 10.0. The van der Waals surface area contributed by atoms with Crippen LogP contribution in [0.4, 0.5) is 0 Å². The van der Waals surface area contributed by atoms with Gasteiger partial charge in [0.15, 0.2) is 0 Å². The van der Waals surface area contributed by atoms with E-state index >= 15 is 0 Å². The Bertz CT molecular complexity index is 1320. The number of nitrogens with zero attached hydrogens (tertiary/aromatic N) is 2. The van der Waals surface area contributed by atoms with Crippen molar-refractivity contribution in [1.82, 2.24) is 9.97 Å². The molecule has 0 spiro atoms. The molecule has 31 heavy (non-hydrogen) atoms. The lowest BCUT2D eigenvalue weighted by Gasteiger charge is -2.38. The lowest BCUT2D eigenvalue weighted by molar-refractivity contribution is 0.0603. The molecule has 1 heterocycles. The number of aromatic nitrogens is 2. The van der Waals surface area contributed by atoms with Gasteiger partial charge in [-0.2, -0.15) is 10.2 Å². The number of rotatable bonds is 6. The molecule has 6 heteroatoms. The van der Waals surface area contributed by atoms with Crippen molar-refractivity contribution in [3.8, 4) is 12.1 Å². The number of allylic oxidation sites excluding steroid dienone is 6. The number of ether oxygens (including phenoxy) is 2. The Labute approximate surface area is 179 Å². The van der Waals surface area contributed by atoms with E-state index in [0.717, 1.165) is 34.3 Å². The zero-order chi connectivity index (χ0) is 21.4. The van der Waals surface area contributed by atoms with Gasteiger partial charge in [0.05, 0.1) is 36.4 Å². The fraction of sp³-hybridized carbons (Fsp3) is 0.160. The molecular formula is C25H19N3O3. The van der Waals surface area contributed by atoms with Crippen LogP contribution in [0.5, 0.6) is 6.01 Å². The Morgan fingerprint density at radius 1 is 1.16 bits per heavy atom. The summed E-state index contributed by atoms with van der Waals surface area (Å²) < 4.78 is 10.7. The van der Waals surface area contributed by atoms with Crippen LogP contribution in [0.1, 0.15) is 22.3 Å². The molecule has 2 aliphatic carbocycles. The Balaban J connectivity index is 1.31. The molecule has 2 bridgehead atoms. The van der Waals surface area contributed by atoms with Gasteiger partial charge in [0.25, 0.3) is 6.01 Å². The molecule has 0 saturated heterocycles. The quantitative estimate of drug-likeness (QED) is 0.602. The number of carbonyl (C=O) groups is 1. The number of imidazole rings is 1. The lowest BCUT2D eigenvalue weighted by Crippen LogP contribution is -2.27. The van der Waals surface area contributed by atoms with E-state index in [1.807, 2.05) is 30.3 Å². The summed E-state index contributed by atoms with van der Waals surface area (Å²) in [5.74, 6) is -0.265. The van der Waals surface area contributed by atoms with Crippen molar-refractivity contribution in [3.63, 3.8) is 0 Å². The topological polar surface area (TPSA) is 88.0 Å². The lowest BCUT2D eigenvalue weighted by atomic mass is 9.64. The van der Waals surface area contributed by atoms with Crippen molar-refractivity contribution < 1.29 is 14.3 Å². The van der Waals surface area contributed by atoms with Gasteiger partial charge in [0.2, 0.25) is 0 Å². The van der Waals surface area contributed by atoms with Crippen LogP contribution in [0, 0.1) is 17.2 Å². The monoisotopic (exact) mass is 409 g/mol. The van der Waals surface area contributed by atoms with Gasteiger partial charge >= 0.3 is 5.97 Å². The summed E-state index contributed by atoms with van der Waals surface area (Å²) in [6.45, 7) is 0.430. The third-order valence-electron chi connectivity index (χ3n) is 5.74. The van der Waals surface area contributed by atoms with Gasteiger partial charge in [-0.3, -0.25) is 0 Å². The van der Waals surface area contributed by atoms with Crippen molar-refractivity contribution in [3.05, 3.63) is 88.5 Å². The average molecular weight is 409 g/mol. The highest BCUT2D eigenvalue weighted by Crippen LogP contribution is 2.51. The molecule has 0 radical (unpaired) electrons. The predicted octanol–water partition coefficient (Wildman–Crippen LogP) is 4.59. The minimum absolute atomic E-state index is 0.171. The molecule has 1 atom stereocenters. The maximum absolute atomic E-state index is 11.9. The van der Waals surface area contributed by atoms with E-state index in [1.54, 1.807) is 12.1 Å². The number of carbonyl (C=O) groups excluding carboxylic acids is 1. The molecule has 6 nitrogen and oxygen atoms in total. The number of hydrogen-bond acceptors (Lipinski definition) is 5. The molecular weight excluding hydrogens is 390 g/mol. The summed E-state index contributed by atoms with van der Waals surface area (Å²) in [5, 5.41) is 9.59. The van der Waals surface area contributed by atoms with E-state index in [-0.39, 0.29) is 5.92 Å². The first-order valence-electron chi connectivity index (χ1n) is 10.0. The minimum Gasteiger partial charge on any atom is -0.465 e. The number of fused-ring (bicyclic) bond motifs is 3. The maximum Gasteiger partial charge on any atom is 0.340 e. The standard InChI is InChI=1S/C25H19N3O3/c1-30-24(29)19-8-5-9-21-23(19)28-25(27-21)31-13-12-18-17-11-10-16(22(18)20(17)14-26)15-6-3-2-4-7-15/h2-11,18H,12-13H2,1H3,(H,27,28). The van der Waals surface area contributed by atoms with E-state index in [1.165, 1.54) is 7.11 Å². The number of H-pyrrole nitrogens is 1. The smallest absolute Gasteiger partial charge is 0.340 e. The summed E-state index contributed by atoms with van der Waals surface area (Å²) in [7, 11) is 1.34. The normalized spacial score (nSPS) is 16.8. The Morgan fingerprint density at radius 2 is 2.00 bits per heavy atom. The molecule has 0 aliphatic heterocycles. The summed E-state index contributed by atoms with van der Waals surface area (Å²) in [4.78, 5) is 19.5. The SMILES string of the molecule is COC(=O)c1cccc2[nH]c(OCCC3c4ccc(-c5ccccc5)c3c4C#N)nc12. The number of hydrogen-bond donors (Lipinski definition) is 1. The largest absolute Gasteiger partial charge is 0.465 e. The van der Waals surface area contributed by atoms with Crippen LogP contribution < -0.4 is 4.74 Å². The van der Waals surface area contributed by atoms with Gasteiger partial charge in [0.1, 0.15) is 5.52 Å². The highest BCUT2D eigenvalue weighted by molar-refractivity contribution is 6.02. The second-order valence-electron chi connectivity index (χ2n) is 7.39. The van der Waals surface area contributed by atoms with Crippen molar-refractivity contribution in [2.45, 2.75) is 6.42 Å². The number of para-hydroxylation sites is 1. The van der Waals surface area contributed by atoms with Gasteiger partial charge in [0, 0.05) is 5.92 Å². The predicted molar refractivity (Wildman–Crippen MR) is 116 cm³/mol. The van der Waals surface area contributed by atoms with Crippen molar-refractivity contribution in [1.29, 1.82) is 5.26 Å². The highest BCUT2D eigenvalue weighted by atomic mass is 16.5. The molecule has 152 valence electrons. The molecule has 2 aliphatic rings. The van der Waals surface area contributed by atoms with Crippen LogP contribution in [-0.2, 0) is 4.74 Å². The first kappa shape index (κ1) is 18.9. The van der Waals surface area contributed by atoms with Gasteiger partial charge in [-0.1, -0.05) is 48.6 Å². The number of esters is 1. The van der Waals surface area contributed by atoms with Gasteiger partial charge in [-0.15, -0.1) is 0 Å². The maximum atomic E-state index is 11.9. The third-order valence-corrected chi connectivity index (χ3v) is 5.74. The number of benzene rings is 2. The second kappa shape index (κ2) is 7.62. The second-order valence-corrected chi connectivity index (χ2v) is 7.39. The Morgan fingerprint density at radius 3 is 2.77 bits per heavy atom. The summed E-state index contributed by atoms with van der Waals surface area (Å²) in [5.41, 5.74) is 6.78. The first-order chi connectivity index (χ1) is 15.2. The van der Waals surface area contributed by atoms with Crippen LogP contribution >= 0.6 is 0 Å². The summed E-state index contributed by atoms with van der Waals surface area (Å²) in [6.07, 6.45) is 4.87. The zero-order valence-electron chi connectivity index (χ0n) is 16.9. The van der Waals surface area contributed by atoms with E-state index in [4.69, 9.17) is 9.47 Å². The summed E-state index contributed by atoms with van der Waals surface area (Å²) >= 11 is 0. The Hall–Kier alpha value is -4.11. The third kappa shape index (κ3) is 3.11. The molecule has 2 aromatic carbocycles. The molecule has 1 aromatic heterocycles. The van der Waals surface area contributed by atoms with Crippen LogP contribution in [0.2, 0.25) is 0 Å². The number of aromatic amines is 1. The molecule has 3 aromatic rings. The van der Waals surface area contributed by atoms with E-state index in [2.05, 4.69) is 34.2 Å². The van der Waals surface area contributed by atoms with Crippen LogP contribution in [0.25, 0.3) is 16.6 Å². The fourth-order valence-electron chi connectivity index (χ4n) is 4.29.